The van der Waals surface area contributed by atoms with Crippen LogP contribution in [0.25, 0.3) is 0 Å². The molecule has 1 aliphatic rings. The molecule has 17 heavy (non-hydrogen) atoms. The highest BCUT2D eigenvalue weighted by atomic mass is 16.5. The van der Waals surface area contributed by atoms with E-state index in [-0.39, 0.29) is 11.4 Å². The van der Waals surface area contributed by atoms with Crippen LogP contribution in [0.15, 0.2) is 0 Å². The van der Waals surface area contributed by atoms with Gasteiger partial charge < -0.3 is 20.1 Å². The molecule has 1 heterocycles. The van der Waals surface area contributed by atoms with Gasteiger partial charge in [-0.15, -0.1) is 0 Å². The summed E-state index contributed by atoms with van der Waals surface area (Å²) in [6, 6.07) is -0.110. The van der Waals surface area contributed by atoms with Crippen molar-refractivity contribution in [3.05, 3.63) is 0 Å². The van der Waals surface area contributed by atoms with E-state index in [0.29, 0.717) is 39.3 Å². The standard InChI is InChI=1S/C12H24N2O3/c1-12(2,3)8-10(15)9-13-11(16)14-4-6-17-7-5-14/h10,15H,4-9H2,1-3H3,(H,13,16). The van der Waals surface area contributed by atoms with E-state index in [1.165, 1.54) is 0 Å². The van der Waals surface area contributed by atoms with Gasteiger partial charge in [0.2, 0.25) is 0 Å². The number of nitrogens with one attached hydrogen (secondary N) is 1. The number of ether oxygens (including phenoxy) is 1. The Kier molecular flexibility index (Phi) is 5.21. The van der Waals surface area contributed by atoms with E-state index in [4.69, 9.17) is 4.74 Å². The molecule has 2 N–H and O–H groups in total. The van der Waals surface area contributed by atoms with Crippen LogP contribution in [0.5, 0.6) is 0 Å². The van der Waals surface area contributed by atoms with Crippen molar-refractivity contribution < 1.29 is 14.6 Å². The van der Waals surface area contributed by atoms with Crippen LogP contribution in [0, 0.1) is 5.41 Å². The molecule has 100 valence electrons. The maximum Gasteiger partial charge on any atom is 0.317 e. The van der Waals surface area contributed by atoms with E-state index in [9.17, 15) is 9.90 Å². The molecule has 0 spiro atoms. The monoisotopic (exact) mass is 244 g/mol. The van der Waals surface area contributed by atoms with Gasteiger partial charge in [0, 0.05) is 19.6 Å². The Balaban J connectivity index is 2.22. The summed E-state index contributed by atoms with van der Waals surface area (Å²) in [5.74, 6) is 0. The maximum absolute atomic E-state index is 11.7. The molecule has 1 saturated heterocycles. The van der Waals surface area contributed by atoms with Gasteiger partial charge >= 0.3 is 6.03 Å². The zero-order valence-corrected chi connectivity index (χ0v) is 11.0. The average Bonchev–Trinajstić information content (AvgIpc) is 2.25. The summed E-state index contributed by atoms with van der Waals surface area (Å²) in [5.41, 5.74) is 0.0725. The molecular weight excluding hydrogens is 220 g/mol. The molecule has 0 bridgehead atoms. The van der Waals surface area contributed by atoms with Gasteiger partial charge in [-0.1, -0.05) is 20.8 Å². The van der Waals surface area contributed by atoms with Crippen molar-refractivity contribution in [3.8, 4) is 0 Å². The van der Waals surface area contributed by atoms with Gasteiger partial charge in [-0.05, 0) is 11.8 Å². The first kappa shape index (κ1) is 14.3. The van der Waals surface area contributed by atoms with Crippen LogP contribution in [0.1, 0.15) is 27.2 Å². The summed E-state index contributed by atoms with van der Waals surface area (Å²) in [5, 5.41) is 12.5. The minimum atomic E-state index is -0.486. The number of hydrogen-bond donors (Lipinski definition) is 2. The third kappa shape index (κ3) is 5.89. The van der Waals surface area contributed by atoms with Gasteiger partial charge in [0.15, 0.2) is 0 Å². The number of aliphatic hydroxyl groups is 1. The number of carbonyl (C=O) groups is 1. The molecule has 1 unspecified atom stereocenters. The van der Waals surface area contributed by atoms with Crippen molar-refractivity contribution in [2.24, 2.45) is 5.41 Å². The minimum absolute atomic E-state index is 0.0725. The SMILES string of the molecule is CC(C)(C)CC(O)CNC(=O)N1CCOCC1. The molecule has 0 aliphatic carbocycles. The van der Waals surface area contributed by atoms with E-state index in [0.717, 1.165) is 0 Å². The summed E-state index contributed by atoms with van der Waals surface area (Å²) in [6.45, 7) is 8.96. The normalized spacial score (nSPS) is 18.9. The number of urea groups is 1. The highest BCUT2D eigenvalue weighted by molar-refractivity contribution is 5.74. The van der Waals surface area contributed by atoms with Crippen molar-refractivity contribution in [3.63, 3.8) is 0 Å². The number of carbonyl (C=O) groups excluding carboxylic acids is 1. The number of morpholine rings is 1. The Morgan fingerprint density at radius 1 is 1.41 bits per heavy atom. The molecule has 0 aromatic heterocycles. The van der Waals surface area contributed by atoms with Crippen LogP contribution >= 0.6 is 0 Å². The summed E-state index contributed by atoms with van der Waals surface area (Å²) in [6.07, 6.45) is 0.191. The van der Waals surface area contributed by atoms with Gasteiger partial charge in [0.25, 0.3) is 0 Å². The molecule has 0 saturated carbocycles. The number of rotatable bonds is 3. The maximum atomic E-state index is 11.7. The molecule has 0 aromatic carbocycles. The topological polar surface area (TPSA) is 61.8 Å². The van der Waals surface area contributed by atoms with Crippen molar-refractivity contribution in [1.82, 2.24) is 10.2 Å². The van der Waals surface area contributed by atoms with Crippen molar-refractivity contribution in [2.45, 2.75) is 33.3 Å². The van der Waals surface area contributed by atoms with E-state index in [2.05, 4.69) is 26.1 Å². The lowest BCUT2D eigenvalue weighted by atomic mass is 9.89. The van der Waals surface area contributed by atoms with Crippen LogP contribution in [-0.4, -0.2) is 55.0 Å². The van der Waals surface area contributed by atoms with Crippen LogP contribution in [0.2, 0.25) is 0 Å². The van der Waals surface area contributed by atoms with Crippen LogP contribution in [0.3, 0.4) is 0 Å². The molecule has 5 nitrogen and oxygen atoms in total. The van der Waals surface area contributed by atoms with Gasteiger partial charge in [0.1, 0.15) is 0 Å². The fraction of sp³-hybridized carbons (Fsp3) is 0.917. The number of hydrogen-bond acceptors (Lipinski definition) is 3. The van der Waals surface area contributed by atoms with Crippen LogP contribution in [-0.2, 0) is 4.74 Å². The van der Waals surface area contributed by atoms with Crippen molar-refractivity contribution >= 4 is 6.03 Å². The van der Waals surface area contributed by atoms with Gasteiger partial charge in [-0.2, -0.15) is 0 Å². The Morgan fingerprint density at radius 2 is 2.00 bits per heavy atom. The van der Waals surface area contributed by atoms with Crippen molar-refractivity contribution in [2.75, 3.05) is 32.8 Å². The molecule has 0 radical (unpaired) electrons. The molecule has 5 heteroatoms. The predicted octanol–water partition coefficient (Wildman–Crippen LogP) is 0.825. The third-order valence-corrected chi connectivity index (χ3v) is 2.64. The molecule has 2 amide bonds. The Hall–Kier alpha value is -0.810. The van der Waals surface area contributed by atoms with E-state index >= 15 is 0 Å². The number of nitrogens with zero attached hydrogens (tertiary/aromatic N) is 1. The largest absolute Gasteiger partial charge is 0.391 e. The van der Waals surface area contributed by atoms with Gasteiger partial charge in [0.05, 0.1) is 19.3 Å². The Labute approximate surface area is 103 Å². The van der Waals surface area contributed by atoms with Crippen molar-refractivity contribution in [1.29, 1.82) is 0 Å². The van der Waals surface area contributed by atoms with Gasteiger partial charge in [-0.25, -0.2) is 4.79 Å². The fourth-order valence-corrected chi connectivity index (χ4v) is 1.86. The summed E-state index contributed by atoms with van der Waals surface area (Å²) >= 11 is 0. The Bertz CT molecular complexity index is 245. The molecule has 1 rings (SSSR count). The highest BCUT2D eigenvalue weighted by Gasteiger charge is 2.20. The van der Waals surface area contributed by atoms with Gasteiger partial charge in [-0.3, -0.25) is 0 Å². The fourth-order valence-electron chi connectivity index (χ4n) is 1.86. The highest BCUT2D eigenvalue weighted by Crippen LogP contribution is 2.20. The molecule has 0 aromatic rings. The van der Waals surface area contributed by atoms with E-state index < -0.39 is 6.10 Å². The lowest BCUT2D eigenvalue weighted by Crippen LogP contribution is -2.48. The third-order valence-electron chi connectivity index (χ3n) is 2.64. The first-order chi connectivity index (χ1) is 7.88. The smallest absolute Gasteiger partial charge is 0.317 e. The average molecular weight is 244 g/mol. The number of aliphatic hydroxyl groups excluding tert-OH is 1. The summed E-state index contributed by atoms with van der Waals surface area (Å²) in [4.78, 5) is 13.4. The quantitative estimate of drug-likeness (QED) is 0.773. The zero-order chi connectivity index (χ0) is 12.9. The van der Waals surface area contributed by atoms with Crippen LogP contribution < -0.4 is 5.32 Å². The lowest BCUT2D eigenvalue weighted by molar-refractivity contribution is 0.0514. The molecule has 1 atom stereocenters. The lowest BCUT2D eigenvalue weighted by Gasteiger charge is -2.28. The first-order valence-corrected chi connectivity index (χ1v) is 6.17. The van der Waals surface area contributed by atoms with E-state index in [1.807, 2.05) is 0 Å². The zero-order valence-electron chi connectivity index (χ0n) is 11.0. The summed E-state index contributed by atoms with van der Waals surface area (Å²) < 4.78 is 5.17. The molecule has 1 fully saturated rings. The van der Waals surface area contributed by atoms with Crippen LogP contribution in [0.4, 0.5) is 4.79 Å². The second kappa shape index (κ2) is 6.21. The molecule has 1 aliphatic heterocycles. The second-order valence-corrected chi connectivity index (χ2v) is 5.70. The molecular formula is C12H24N2O3. The minimum Gasteiger partial charge on any atom is -0.391 e. The first-order valence-electron chi connectivity index (χ1n) is 6.17. The Morgan fingerprint density at radius 3 is 2.53 bits per heavy atom. The number of amides is 2. The predicted molar refractivity (Wildman–Crippen MR) is 65.9 cm³/mol. The second-order valence-electron chi connectivity index (χ2n) is 5.70. The van der Waals surface area contributed by atoms with E-state index in [1.54, 1.807) is 4.90 Å². The summed E-state index contributed by atoms with van der Waals surface area (Å²) in [7, 11) is 0.